The van der Waals surface area contributed by atoms with Gasteiger partial charge in [0.2, 0.25) is 0 Å². The highest BCUT2D eigenvalue weighted by Crippen LogP contribution is 2.28. The Bertz CT molecular complexity index is 384. The van der Waals surface area contributed by atoms with Crippen molar-refractivity contribution in [2.75, 3.05) is 25.4 Å². The Balaban J connectivity index is 1.75. The van der Waals surface area contributed by atoms with Crippen molar-refractivity contribution >= 4 is 5.69 Å². The highest BCUT2D eigenvalue weighted by atomic mass is 15.1. The summed E-state index contributed by atoms with van der Waals surface area (Å²) in [4.78, 5) is 2.62. The lowest BCUT2D eigenvalue weighted by Gasteiger charge is -2.38. The van der Waals surface area contributed by atoms with Crippen LogP contribution in [0.5, 0.6) is 0 Å². The molecule has 1 aliphatic rings. The van der Waals surface area contributed by atoms with Crippen LogP contribution in [0.2, 0.25) is 0 Å². The molecule has 0 radical (unpaired) electrons. The molecule has 1 aromatic rings. The summed E-state index contributed by atoms with van der Waals surface area (Å²) in [6.07, 6.45) is 5.10. The summed E-state index contributed by atoms with van der Waals surface area (Å²) in [5.41, 5.74) is 8.56. The summed E-state index contributed by atoms with van der Waals surface area (Å²) in [7, 11) is 0. The Hall–Kier alpha value is -1.02. The van der Waals surface area contributed by atoms with Crippen LogP contribution >= 0.6 is 0 Å². The van der Waals surface area contributed by atoms with Crippen molar-refractivity contribution in [3.63, 3.8) is 0 Å². The molecular formula is C16H26N2. The molecule has 0 saturated carbocycles. The second-order valence-corrected chi connectivity index (χ2v) is 6.39. The summed E-state index contributed by atoms with van der Waals surface area (Å²) in [6, 6.07) is 8.28. The topological polar surface area (TPSA) is 29.3 Å². The average molecular weight is 246 g/mol. The van der Waals surface area contributed by atoms with E-state index < -0.39 is 0 Å². The minimum absolute atomic E-state index is 0.509. The lowest BCUT2D eigenvalue weighted by atomic mass is 9.84. The fourth-order valence-corrected chi connectivity index (χ4v) is 2.99. The van der Waals surface area contributed by atoms with Gasteiger partial charge in [0.05, 0.1) is 0 Å². The maximum Gasteiger partial charge on any atom is 0.0316 e. The summed E-state index contributed by atoms with van der Waals surface area (Å²) >= 11 is 0. The number of likely N-dealkylation sites (tertiary alicyclic amines) is 1. The normalized spacial score (nSPS) is 19.9. The first-order chi connectivity index (χ1) is 8.55. The molecule has 2 rings (SSSR count). The van der Waals surface area contributed by atoms with Crippen molar-refractivity contribution in [3.05, 3.63) is 29.8 Å². The smallest absolute Gasteiger partial charge is 0.0316 e. The predicted molar refractivity (Wildman–Crippen MR) is 78.6 cm³/mol. The molecule has 0 amide bonds. The number of rotatable bonds is 4. The number of hydrogen-bond donors (Lipinski definition) is 1. The third kappa shape index (κ3) is 4.02. The quantitative estimate of drug-likeness (QED) is 0.826. The molecule has 100 valence electrons. The Morgan fingerprint density at radius 1 is 1.33 bits per heavy atom. The molecule has 0 spiro atoms. The van der Waals surface area contributed by atoms with Gasteiger partial charge in [-0.05, 0) is 61.9 Å². The van der Waals surface area contributed by atoms with Crippen LogP contribution in [-0.2, 0) is 6.42 Å². The minimum atomic E-state index is 0.509. The van der Waals surface area contributed by atoms with Crippen LogP contribution in [0, 0.1) is 5.41 Å². The van der Waals surface area contributed by atoms with Crippen molar-refractivity contribution < 1.29 is 0 Å². The minimum Gasteiger partial charge on any atom is -0.399 e. The van der Waals surface area contributed by atoms with Gasteiger partial charge in [0.1, 0.15) is 0 Å². The molecule has 1 fully saturated rings. The van der Waals surface area contributed by atoms with Gasteiger partial charge in [-0.1, -0.05) is 26.0 Å². The van der Waals surface area contributed by atoms with Crippen molar-refractivity contribution in [2.45, 2.75) is 39.5 Å². The SMILES string of the molecule is CC1(C)CCCN(CCCc2cccc(N)c2)C1. The molecule has 0 unspecified atom stereocenters. The Kier molecular flexibility index (Phi) is 4.28. The number of benzene rings is 1. The van der Waals surface area contributed by atoms with Crippen LogP contribution in [0.25, 0.3) is 0 Å². The first kappa shape index (κ1) is 13.4. The maximum atomic E-state index is 5.80. The van der Waals surface area contributed by atoms with E-state index in [9.17, 15) is 0 Å². The molecule has 2 N–H and O–H groups in total. The second kappa shape index (κ2) is 5.75. The first-order valence-corrected chi connectivity index (χ1v) is 7.12. The standard InChI is InChI=1S/C16H26N2/c1-16(2)9-5-11-18(13-16)10-4-7-14-6-3-8-15(17)12-14/h3,6,8,12H,4-5,7,9-11,13,17H2,1-2H3. The fourth-order valence-electron chi connectivity index (χ4n) is 2.99. The summed E-state index contributed by atoms with van der Waals surface area (Å²) in [5.74, 6) is 0. The van der Waals surface area contributed by atoms with Crippen LogP contribution in [0.4, 0.5) is 5.69 Å². The average Bonchev–Trinajstić information content (AvgIpc) is 2.28. The highest BCUT2D eigenvalue weighted by molar-refractivity contribution is 5.40. The van der Waals surface area contributed by atoms with Gasteiger partial charge < -0.3 is 10.6 Å². The zero-order valence-corrected chi connectivity index (χ0v) is 11.8. The Morgan fingerprint density at radius 2 is 2.17 bits per heavy atom. The molecule has 18 heavy (non-hydrogen) atoms. The molecule has 1 aromatic carbocycles. The van der Waals surface area contributed by atoms with E-state index in [1.807, 2.05) is 6.07 Å². The van der Waals surface area contributed by atoms with E-state index in [1.54, 1.807) is 0 Å². The van der Waals surface area contributed by atoms with E-state index in [1.165, 1.54) is 44.5 Å². The first-order valence-electron chi connectivity index (χ1n) is 7.12. The van der Waals surface area contributed by atoms with Crippen LogP contribution in [0.15, 0.2) is 24.3 Å². The largest absolute Gasteiger partial charge is 0.399 e. The lowest BCUT2D eigenvalue weighted by Crippen LogP contribution is -2.40. The third-order valence-corrected chi connectivity index (χ3v) is 3.87. The van der Waals surface area contributed by atoms with Crippen molar-refractivity contribution in [1.82, 2.24) is 4.90 Å². The molecule has 1 aliphatic heterocycles. The summed E-state index contributed by atoms with van der Waals surface area (Å²) in [5, 5.41) is 0. The van der Waals surface area contributed by atoms with E-state index in [2.05, 4.69) is 36.9 Å². The number of nitrogens with two attached hydrogens (primary N) is 1. The van der Waals surface area contributed by atoms with Gasteiger partial charge in [-0.2, -0.15) is 0 Å². The Labute approximate surface area is 111 Å². The third-order valence-electron chi connectivity index (χ3n) is 3.87. The van der Waals surface area contributed by atoms with Gasteiger partial charge in [-0.15, -0.1) is 0 Å². The monoisotopic (exact) mass is 246 g/mol. The van der Waals surface area contributed by atoms with Gasteiger partial charge in [0.15, 0.2) is 0 Å². The molecule has 0 aromatic heterocycles. The summed E-state index contributed by atoms with van der Waals surface area (Å²) < 4.78 is 0. The van der Waals surface area contributed by atoms with Crippen molar-refractivity contribution in [2.24, 2.45) is 5.41 Å². The summed E-state index contributed by atoms with van der Waals surface area (Å²) in [6.45, 7) is 8.52. The van der Waals surface area contributed by atoms with Crippen LogP contribution in [0.3, 0.4) is 0 Å². The predicted octanol–water partition coefficient (Wildman–Crippen LogP) is 3.32. The van der Waals surface area contributed by atoms with Gasteiger partial charge in [-0.25, -0.2) is 0 Å². The zero-order chi connectivity index (χ0) is 13.0. The molecule has 1 saturated heterocycles. The number of nitrogens with zero attached hydrogens (tertiary/aromatic N) is 1. The van der Waals surface area contributed by atoms with Crippen molar-refractivity contribution in [1.29, 1.82) is 0 Å². The molecule has 0 bridgehead atoms. The van der Waals surface area contributed by atoms with Gasteiger partial charge in [-0.3, -0.25) is 0 Å². The van der Waals surface area contributed by atoms with Gasteiger partial charge in [0.25, 0.3) is 0 Å². The maximum absolute atomic E-state index is 5.80. The van der Waals surface area contributed by atoms with Gasteiger partial charge in [0, 0.05) is 12.2 Å². The van der Waals surface area contributed by atoms with E-state index >= 15 is 0 Å². The number of anilines is 1. The number of nitrogen functional groups attached to an aromatic ring is 1. The van der Waals surface area contributed by atoms with E-state index in [4.69, 9.17) is 5.73 Å². The molecular weight excluding hydrogens is 220 g/mol. The second-order valence-electron chi connectivity index (χ2n) is 6.39. The fraction of sp³-hybridized carbons (Fsp3) is 0.625. The lowest BCUT2D eigenvalue weighted by molar-refractivity contribution is 0.117. The van der Waals surface area contributed by atoms with E-state index in [-0.39, 0.29) is 0 Å². The van der Waals surface area contributed by atoms with Gasteiger partial charge >= 0.3 is 0 Å². The van der Waals surface area contributed by atoms with Crippen molar-refractivity contribution in [3.8, 4) is 0 Å². The molecule has 2 nitrogen and oxygen atoms in total. The molecule has 2 heteroatoms. The van der Waals surface area contributed by atoms with Crippen LogP contribution in [-0.4, -0.2) is 24.5 Å². The van der Waals surface area contributed by atoms with E-state index in [0.29, 0.717) is 5.41 Å². The number of piperidine rings is 1. The molecule has 0 aliphatic carbocycles. The number of hydrogen-bond acceptors (Lipinski definition) is 2. The molecule has 1 heterocycles. The van der Waals surface area contributed by atoms with E-state index in [0.717, 1.165) is 12.1 Å². The number of aryl methyl sites for hydroxylation is 1. The highest BCUT2D eigenvalue weighted by Gasteiger charge is 2.25. The van der Waals surface area contributed by atoms with Crippen LogP contribution in [0.1, 0.15) is 38.7 Å². The zero-order valence-electron chi connectivity index (χ0n) is 11.8. The molecule has 0 atom stereocenters. The Morgan fingerprint density at radius 3 is 2.89 bits per heavy atom. The van der Waals surface area contributed by atoms with Crippen LogP contribution < -0.4 is 5.73 Å².